The number of benzene rings is 2. The van der Waals surface area contributed by atoms with E-state index >= 15 is 0 Å². The summed E-state index contributed by atoms with van der Waals surface area (Å²) in [6.07, 6.45) is -0.518. The maximum Gasteiger partial charge on any atom is 0.142 e. The smallest absolute Gasteiger partial charge is 0.142 e. The second-order valence-corrected chi connectivity index (χ2v) is 5.17. The monoisotopic (exact) mass is 298 g/mol. The molecule has 4 heteroatoms. The second kappa shape index (κ2) is 5.91. The van der Waals surface area contributed by atoms with Gasteiger partial charge < -0.3 is 5.11 Å². The molecule has 0 radical (unpaired) electrons. The highest BCUT2D eigenvalue weighted by molar-refractivity contribution is 6.31. The molecule has 0 heterocycles. The molecule has 0 aliphatic heterocycles. The van der Waals surface area contributed by atoms with E-state index in [4.69, 9.17) is 23.2 Å². The van der Waals surface area contributed by atoms with Crippen LogP contribution >= 0.6 is 23.2 Å². The van der Waals surface area contributed by atoms with Crippen LogP contribution in [0.15, 0.2) is 36.4 Å². The topological polar surface area (TPSA) is 20.2 Å². The average Bonchev–Trinajstić information content (AvgIpc) is 2.38. The SMILES string of the molecule is Cc1c(Cl)cccc1C(O)Cc1cccc(F)c1Cl. The molecular weight excluding hydrogens is 286 g/mol. The summed E-state index contributed by atoms with van der Waals surface area (Å²) in [5.41, 5.74) is 2.13. The van der Waals surface area contributed by atoms with Gasteiger partial charge in [0.2, 0.25) is 0 Å². The molecule has 2 aromatic carbocycles. The Balaban J connectivity index is 2.28. The van der Waals surface area contributed by atoms with Gasteiger partial charge in [-0.3, -0.25) is 0 Å². The van der Waals surface area contributed by atoms with Crippen LogP contribution in [0.3, 0.4) is 0 Å². The van der Waals surface area contributed by atoms with E-state index in [0.717, 1.165) is 11.1 Å². The van der Waals surface area contributed by atoms with E-state index in [0.29, 0.717) is 10.6 Å². The lowest BCUT2D eigenvalue weighted by Gasteiger charge is -2.15. The third-order valence-electron chi connectivity index (χ3n) is 3.11. The molecule has 100 valence electrons. The molecule has 0 bridgehead atoms. The normalized spacial score (nSPS) is 12.5. The molecule has 19 heavy (non-hydrogen) atoms. The predicted octanol–water partition coefficient (Wildman–Crippen LogP) is 4.72. The first-order chi connectivity index (χ1) is 9.00. The molecular formula is C15H13Cl2FO. The van der Waals surface area contributed by atoms with Gasteiger partial charge in [-0.2, -0.15) is 0 Å². The fourth-order valence-electron chi connectivity index (χ4n) is 2.01. The van der Waals surface area contributed by atoms with Crippen LogP contribution in [0, 0.1) is 12.7 Å². The van der Waals surface area contributed by atoms with Crippen molar-refractivity contribution in [3.8, 4) is 0 Å². The molecule has 1 unspecified atom stereocenters. The van der Waals surface area contributed by atoms with E-state index in [1.165, 1.54) is 6.07 Å². The lowest BCUT2D eigenvalue weighted by atomic mass is 9.97. The van der Waals surface area contributed by atoms with E-state index in [9.17, 15) is 9.50 Å². The first-order valence-electron chi connectivity index (χ1n) is 5.86. The summed E-state index contributed by atoms with van der Waals surface area (Å²) in [7, 11) is 0. The van der Waals surface area contributed by atoms with Crippen LogP contribution in [0.5, 0.6) is 0 Å². The van der Waals surface area contributed by atoms with E-state index in [-0.39, 0.29) is 11.4 Å². The Bertz CT molecular complexity index is 599. The number of aliphatic hydroxyl groups excluding tert-OH is 1. The zero-order valence-corrected chi connectivity index (χ0v) is 11.8. The minimum Gasteiger partial charge on any atom is -0.388 e. The summed E-state index contributed by atoms with van der Waals surface area (Å²) < 4.78 is 13.3. The van der Waals surface area contributed by atoms with Crippen LogP contribution in [0.1, 0.15) is 22.8 Å². The highest BCUT2D eigenvalue weighted by Gasteiger charge is 2.15. The number of hydrogen-bond donors (Lipinski definition) is 1. The van der Waals surface area contributed by atoms with E-state index in [1.54, 1.807) is 30.3 Å². The lowest BCUT2D eigenvalue weighted by molar-refractivity contribution is 0.177. The zero-order chi connectivity index (χ0) is 14.0. The molecule has 2 aromatic rings. The van der Waals surface area contributed by atoms with Crippen LogP contribution in [0.4, 0.5) is 4.39 Å². The molecule has 0 fully saturated rings. The number of halogens is 3. The zero-order valence-electron chi connectivity index (χ0n) is 10.3. The fraction of sp³-hybridized carbons (Fsp3) is 0.200. The van der Waals surface area contributed by atoms with Crippen LogP contribution in [0.25, 0.3) is 0 Å². The van der Waals surface area contributed by atoms with Crippen molar-refractivity contribution in [3.05, 3.63) is 69.0 Å². The largest absolute Gasteiger partial charge is 0.388 e. The van der Waals surface area contributed by atoms with Crippen LogP contribution in [0.2, 0.25) is 10.0 Å². The Labute approximate surface area is 121 Å². The highest BCUT2D eigenvalue weighted by atomic mass is 35.5. The Morgan fingerprint density at radius 2 is 1.84 bits per heavy atom. The van der Waals surface area contributed by atoms with E-state index < -0.39 is 11.9 Å². The fourth-order valence-corrected chi connectivity index (χ4v) is 2.39. The first-order valence-corrected chi connectivity index (χ1v) is 6.62. The summed E-state index contributed by atoms with van der Waals surface area (Å²) in [6.45, 7) is 1.84. The quantitative estimate of drug-likeness (QED) is 0.869. The van der Waals surface area contributed by atoms with Crippen molar-refractivity contribution >= 4 is 23.2 Å². The molecule has 0 amide bonds. The Morgan fingerprint density at radius 3 is 2.58 bits per heavy atom. The predicted molar refractivity (Wildman–Crippen MR) is 76.3 cm³/mol. The van der Waals surface area contributed by atoms with Gasteiger partial charge >= 0.3 is 0 Å². The third kappa shape index (κ3) is 3.08. The number of aliphatic hydroxyl groups is 1. The summed E-state index contributed by atoms with van der Waals surface area (Å²) in [5.74, 6) is -0.478. The average molecular weight is 299 g/mol. The molecule has 1 atom stereocenters. The molecule has 0 aliphatic rings. The van der Waals surface area contributed by atoms with Crippen LogP contribution in [-0.4, -0.2) is 5.11 Å². The summed E-state index contributed by atoms with van der Waals surface area (Å²) >= 11 is 11.9. The Hall–Kier alpha value is -1.09. The summed E-state index contributed by atoms with van der Waals surface area (Å²) in [4.78, 5) is 0. The maximum absolute atomic E-state index is 13.3. The van der Waals surface area contributed by atoms with Gasteiger partial charge in [0.05, 0.1) is 11.1 Å². The molecule has 1 N–H and O–H groups in total. The third-order valence-corrected chi connectivity index (χ3v) is 3.95. The maximum atomic E-state index is 13.3. The van der Waals surface area contributed by atoms with Gasteiger partial charge in [-0.05, 0) is 35.7 Å². The minimum absolute atomic E-state index is 0.0567. The number of hydrogen-bond acceptors (Lipinski definition) is 1. The summed E-state index contributed by atoms with van der Waals surface area (Å²) in [5, 5.41) is 10.9. The standard InChI is InChI=1S/C15H13Cl2FO/c1-9-11(5-3-6-12(9)16)14(19)8-10-4-2-7-13(18)15(10)17/h2-7,14,19H,8H2,1H3. The molecule has 2 rings (SSSR count). The van der Waals surface area contributed by atoms with Crippen molar-refractivity contribution in [2.24, 2.45) is 0 Å². The van der Waals surface area contributed by atoms with Crippen molar-refractivity contribution in [1.29, 1.82) is 0 Å². The second-order valence-electron chi connectivity index (χ2n) is 4.39. The molecule has 1 nitrogen and oxygen atoms in total. The highest BCUT2D eigenvalue weighted by Crippen LogP contribution is 2.29. The van der Waals surface area contributed by atoms with Crippen LogP contribution in [-0.2, 0) is 6.42 Å². The van der Waals surface area contributed by atoms with E-state index in [2.05, 4.69) is 0 Å². The van der Waals surface area contributed by atoms with Crippen molar-refractivity contribution < 1.29 is 9.50 Å². The first kappa shape index (κ1) is 14.3. The van der Waals surface area contributed by atoms with Gasteiger partial charge in [0.1, 0.15) is 5.82 Å². The van der Waals surface area contributed by atoms with Crippen LogP contribution < -0.4 is 0 Å². The molecule has 0 spiro atoms. The van der Waals surface area contributed by atoms with Gasteiger partial charge in [0.25, 0.3) is 0 Å². The molecule has 0 aliphatic carbocycles. The van der Waals surface area contributed by atoms with E-state index in [1.807, 2.05) is 6.92 Å². The molecule has 0 saturated carbocycles. The van der Waals surface area contributed by atoms with Crippen molar-refractivity contribution in [2.45, 2.75) is 19.4 Å². The van der Waals surface area contributed by atoms with Gasteiger partial charge in [-0.25, -0.2) is 4.39 Å². The van der Waals surface area contributed by atoms with Crippen molar-refractivity contribution in [1.82, 2.24) is 0 Å². The Morgan fingerprint density at radius 1 is 1.16 bits per heavy atom. The van der Waals surface area contributed by atoms with Gasteiger partial charge in [0.15, 0.2) is 0 Å². The van der Waals surface area contributed by atoms with Gasteiger partial charge in [-0.15, -0.1) is 0 Å². The van der Waals surface area contributed by atoms with Crippen molar-refractivity contribution in [3.63, 3.8) is 0 Å². The van der Waals surface area contributed by atoms with Crippen molar-refractivity contribution in [2.75, 3.05) is 0 Å². The molecule has 0 aromatic heterocycles. The van der Waals surface area contributed by atoms with Gasteiger partial charge in [-0.1, -0.05) is 47.5 Å². The minimum atomic E-state index is -0.766. The van der Waals surface area contributed by atoms with Gasteiger partial charge in [0, 0.05) is 11.4 Å². The number of rotatable bonds is 3. The summed E-state index contributed by atoms with van der Waals surface area (Å²) in [6, 6.07) is 9.92. The molecule has 0 saturated heterocycles. The Kier molecular flexibility index (Phi) is 4.46. The lowest BCUT2D eigenvalue weighted by Crippen LogP contribution is -2.05.